The van der Waals surface area contributed by atoms with E-state index in [2.05, 4.69) is 13.0 Å². The molecule has 0 radical (unpaired) electrons. The topological polar surface area (TPSA) is 74.6 Å². The number of unbranched alkanes of at least 4 members (excludes halogenated alkanes) is 1. The summed E-state index contributed by atoms with van der Waals surface area (Å²) >= 11 is 0. The SMILES string of the molecule is CCCCC(O)CC=C[C@H]1CCC(=O)[C@@H]1CC=CCCC(=O)CO. The summed E-state index contributed by atoms with van der Waals surface area (Å²) in [6.45, 7) is 1.72. The van der Waals surface area contributed by atoms with Crippen LogP contribution in [0.1, 0.15) is 64.7 Å². The summed E-state index contributed by atoms with van der Waals surface area (Å²) in [5.74, 6) is 0.449. The van der Waals surface area contributed by atoms with Crippen LogP contribution in [0.2, 0.25) is 0 Å². The summed E-state index contributed by atoms with van der Waals surface area (Å²) in [6.07, 6.45) is 14.6. The largest absolute Gasteiger partial charge is 0.393 e. The van der Waals surface area contributed by atoms with E-state index < -0.39 is 6.61 Å². The van der Waals surface area contributed by atoms with E-state index in [1.54, 1.807) is 0 Å². The van der Waals surface area contributed by atoms with Crippen LogP contribution in [0.4, 0.5) is 0 Å². The molecule has 0 heterocycles. The second kappa shape index (κ2) is 12.2. The fourth-order valence-electron chi connectivity index (χ4n) is 3.12. The molecule has 4 nitrogen and oxygen atoms in total. The van der Waals surface area contributed by atoms with Crippen molar-refractivity contribution in [3.05, 3.63) is 24.3 Å². The Bertz CT molecular complexity index is 439. The molecule has 0 aromatic carbocycles. The van der Waals surface area contributed by atoms with Crippen molar-refractivity contribution in [1.82, 2.24) is 0 Å². The number of carbonyl (C=O) groups is 2. The van der Waals surface area contributed by atoms with Crippen LogP contribution >= 0.6 is 0 Å². The lowest BCUT2D eigenvalue weighted by molar-refractivity contribution is -0.122. The van der Waals surface area contributed by atoms with E-state index in [0.717, 1.165) is 25.7 Å². The summed E-state index contributed by atoms with van der Waals surface area (Å²) in [5, 5.41) is 18.5. The first kappa shape index (κ1) is 20.8. The highest BCUT2D eigenvalue weighted by molar-refractivity contribution is 5.84. The monoisotopic (exact) mass is 336 g/mol. The van der Waals surface area contributed by atoms with Crippen LogP contribution in [-0.2, 0) is 9.59 Å². The van der Waals surface area contributed by atoms with Crippen LogP contribution in [-0.4, -0.2) is 34.5 Å². The molecule has 1 unspecified atom stereocenters. The molecule has 0 aliphatic heterocycles. The van der Waals surface area contributed by atoms with Crippen molar-refractivity contribution in [3.63, 3.8) is 0 Å². The van der Waals surface area contributed by atoms with E-state index in [-0.39, 0.29) is 23.7 Å². The normalized spacial score (nSPS) is 22.7. The lowest BCUT2D eigenvalue weighted by Gasteiger charge is -2.13. The van der Waals surface area contributed by atoms with Crippen molar-refractivity contribution in [2.75, 3.05) is 6.61 Å². The Hall–Kier alpha value is -1.26. The summed E-state index contributed by atoms with van der Waals surface area (Å²) < 4.78 is 0. The van der Waals surface area contributed by atoms with Gasteiger partial charge < -0.3 is 10.2 Å². The smallest absolute Gasteiger partial charge is 0.158 e. The van der Waals surface area contributed by atoms with E-state index in [1.165, 1.54) is 0 Å². The molecule has 1 rings (SSSR count). The predicted molar refractivity (Wildman–Crippen MR) is 95.6 cm³/mol. The van der Waals surface area contributed by atoms with Gasteiger partial charge in [-0.25, -0.2) is 0 Å². The van der Waals surface area contributed by atoms with Gasteiger partial charge in [-0.3, -0.25) is 9.59 Å². The third-order valence-electron chi connectivity index (χ3n) is 4.66. The zero-order valence-electron chi connectivity index (χ0n) is 14.8. The van der Waals surface area contributed by atoms with Crippen LogP contribution in [0.3, 0.4) is 0 Å². The van der Waals surface area contributed by atoms with Crippen LogP contribution in [0.5, 0.6) is 0 Å². The van der Waals surface area contributed by atoms with Gasteiger partial charge in [0.2, 0.25) is 0 Å². The minimum absolute atomic E-state index is 0.0267. The number of hydrogen-bond donors (Lipinski definition) is 2. The molecule has 1 aliphatic rings. The van der Waals surface area contributed by atoms with Gasteiger partial charge in [-0.2, -0.15) is 0 Å². The van der Waals surface area contributed by atoms with E-state index in [1.807, 2.05) is 18.2 Å². The average Bonchev–Trinajstić information content (AvgIpc) is 2.92. The fourth-order valence-corrected chi connectivity index (χ4v) is 3.12. The Morgan fingerprint density at radius 1 is 1.33 bits per heavy atom. The third kappa shape index (κ3) is 8.02. The quantitative estimate of drug-likeness (QED) is 0.536. The van der Waals surface area contributed by atoms with Crippen LogP contribution in [0.25, 0.3) is 0 Å². The van der Waals surface area contributed by atoms with E-state index in [9.17, 15) is 14.7 Å². The maximum atomic E-state index is 12.0. The molecule has 0 aromatic rings. The molecule has 0 saturated heterocycles. The van der Waals surface area contributed by atoms with Gasteiger partial charge in [0.05, 0.1) is 6.10 Å². The van der Waals surface area contributed by atoms with Gasteiger partial charge in [-0.05, 0) is 38.0 Å². The summed E-state index contributed by atoms with van der Waals surface area (Å²) in [4.78, 5) is 23.0. The van der Waals surface area contributed by atoms with E-state index >= 15 is 0 Å². The van der Waals surface area contributed by atoms with Crippen LogP contribution in [0, 0.1) is 11.8 Å². The number of carbonyl (C=O) groups excluding carboxylic acids is 2. The first-order valence-corrected chi connectivity index (χ1v) is 9.23. The molecule has 0 bridgehead atoms. The van der Waals surface area contributed by atoms with Gasteiger partial charge in [-0.1, -0.05) is 44.1 Å². The zero-order chi connectivity index (χ0) is 17.8. The van der Waals surface area contributed by atoms with Gasteiger partial charge in [-0.15, -0.1) is 0 Å². The van der Waals surface area contributed by atoms with Gasteiger partial charge in [0, 0.05) is 18.8 Å². The minimum Gasteiger partial charge on any atom is -0.393 e. The molecule has 3 atom stereocenters. The van der Waals surface area contributed by atoms with Crippen molar-refractivity contribution in [3.8, 4) is 0 Å². The van der Waals surface area contributed by atoms with Gasteiger partial charge in [0.15, 0.2) is 5.78 Å². The van der Waals surface area contributed by atoms with Gasteiger partial charge in [0.1, 0.15) is 12.4 Å². The van der Waals surface area contributed by atoms with Gasteiger partial charge in [0.25, 0.3) is 0 Å². The number of allylic oxidation sites excluding steroid dienone is 3. The number of ketones is 2. The first-order valence-electron chi connectivity index (χ1n) is 9.23. The van der Waals surface area contributed by atoms with E-state index in [0.29, 0.717) is 37.9 Å². The average molecular weight is 336 g/mol. The highest BCUT2D eigenvalue weighted by Crippen LogP contribution is 2.32. The molecule has 136 valence electrons. The fraction of sp³-hybridized carbons (Fsp3) is 0.700. The Morgan fingerprint density at radius 2 is 2.12 bits per heavy atom. The molecule has 24 heavy (non-hydrogen) atoms. The molecule has 1 aliphatic carbocycles. The molecule has 0 amide bonds. The molecule has 4 heteroatoms. The van der Waals surface area contributed by atoms with Crippen LogP contribution in [0.15, 0.2) is 24.3 Å². The molecular weight excluding hydrogens is 304 g/mol. The first-order chi connectivity index (χ1) is 11.6. The molecule has 1 saturated carbocycles. The highest BCUT2D eigenvalue weighted by atomic mass is 16.3. The molecule has 1 fully saturated rings. The number of rotatable bonds is 12. The predicted octanol–water partition coefficient (Wildman–Crippen LogP) is 3.37. The second-order valence-electron chi connectivity index (χ2n) is 6.68. The maximum absolute atomic E-state index is 12.0. The number of Topliss-reactive ketones (excluding diaryl/α,β-unsaturated/α-hetero) is 2. The molecule has 2 N–H and O–H groups in total. The Labute approximate surface area is 145 Å². The highest BCUT2D eigenvalue weighted by Gasteiger charge is 2.31. The van der Waals surface area contributed by atoms with E-state index in [4.69, 9.17) is 5.11 Å². The second-order valence-corrected chi connectivity index (χ2v) is 6.68. The number of hydrogen-bond acceptors (Lipinski definition) is 4. The lowest BCUT2D eigenvalue weighted by Crippen LogP contribution is -2.12. The van der Waals surface area contributed by atoms with Crippen molar-refractivity contribution < 1.29 is 19.8 Å². The Balaban J connectivity index is 2.37. The minimum atomic E-state index is -0.397. The summed E-state index contributed by atoms with van der Waals surface area (Å²) in [7, 11) is 0. The summed E-state index contributed by atoms with van der Waals surface area (Å²) in [6, 6.07) is 0. The lowest BCUT2D eigenvalue weighted by atomic mass is 9.91. The maximum Gasteiger partial charge on any atom is 0.158 e. The van der Waals surface area contributed by atoms with Crippen molar-refractivity contribution in [1.29, 1.82) is 0 Å². The summed E-state index contributed by atoms with van der Waals surface area (Å²) in [5.41, 5.74) is 0. The van der Waals surface area contributed by atoms with Crippen molar-refractivity contribution in [2.45, 2.75) is 70.8 Å². The standard InChI is InChI=1S/C20H32O4/c1-2-3-9-17(22)11-7-8-16-13-14-20(24)19(16)12-6-4-5-10-18(23)15-21/h4,6-8,16-17,19,21-22H,2-3,5,9-15H2,1H3/t16-,17?,19+/m0/s1. The Morgan fingerprint density at radius 3 is 2.83 bits per heavy atom. The molecule has 0 spiro atoms. The van der Waals surface area contributed by atoms with Crippen molar-refractivity contribution in [2.24, 2.45) is 11.8 Å². The number of aliphatic hydroxyl groups excluding tert-OH is 2. The molecular formula is C20H32O4. The van der Waals surface area contributed by atoms with Crippen molar-refractivity contribution >= 4 is 11.6 Å². The third-order valence-corrected chi connectivity index (χ3v) is 4.66. The van der Waals surface area contributed by atoms with Crippen LogP contribution < -0.4 is 0 Å². The molecule has 0 aromatic heterocycles. The zero-order valence-corrected chi connectivity index (χ0v) is 14.8. The Kier molecular flexibility index (Phi) is 10.5. The van der Waals surface area contributed by atoms with Gasteiger partial charge >= 0.3 is 0 Å². The number of aliphatic hydroxyl groups is 2.